The summed E-state index contributed by atoms with van der Waals surface area (Å²) in [7, 11) is 0. The van der Waals surface area contributed by atoms with Crippen molar-refractivity contribution in [3.8, 4) is 17.1 Å². The van der Waals surface area contributed by atoms with Crippen LogP contribution >= 0.6 is 0 Å². The van der Waals surface area contributed by atoms with Crippen molar-refractivity contribution >= 4 is 60.7 Å². The van der Waals surface area contributed by atoms with Gasteiger partial charge in [-0.2, -0.15) is 0 Å². The standard InChI is InChI=1S/C42H29N3O/c46-34-27-25-31(26-28-34)43(29-17-21-32(22-18-29)44-39-13-5-1-9-35(39)36-10-2-6-14-40(36)44)30-19-23-33(24-20-30)45-41-15-7-3-11-37(41)38-12-4-8-16-42(38)45/h1-28,46H. The number of rotatable bonds is 5. The van der Waals surface area contributed by atoms with E-state index in [-0.39, 0.29) is 5.75 Å². The summed E-state index contributed by atoms with van der Waals surface area (Å²) in [6.07, 6.45) is 0. The van der Waals surface area contributed by atoms with E-state index in [1.54, 1.807) is 12.1 Å². The maximum atomic E-state index is 10.1. The lowest BCUT2D eigenvalue weighted by molar-refractivity contribution is 0.475. The summed E-state index contributed by atoms with van der Waals surface area (Å²) in [5, 5.41) is 15.1. The van der Waals surface area contributed by atoms with Gasteiger partial charge in [-0.3, -0.25) is 0 Å². The first-order valence-corrected chi connectivity index (χ1v) is 15.5. The van der Waals surface area contributed by atoms with Gasteiger partial charge in [-0.25, -0.2) is 0 Å². The van der Waals surface area contributed by atoms with Crippen LogP contribution in [0, 0.1) is 0 Å². The number of phenols is 1. The van der Waals surface area contributed by atoms with Crippen LogP contribution in [0.25, 0.3) is 55.0 Å². The minimum absolute atomic E-state index is 0.243. The van der Waals surface area contributed by atoms with Gasteiger partial charge in [0.1, 0.15) is 5.75 Å². The Morgan fingerprint density at radius 3 is 0.935 bits per heavy atom. The van der Waals surface area contributed by atoms with Gasteiger partial charge in [-0.05, 0) is 97.1 Å². The third-order valence-corrected chi connectivity index (χ3v) is 9.00. The maximum absolute atomic E-state index is 10.1. The molecule has 0 fully saturated rings. The molecule has 7 aromatic carbocycles. The number of aromatic hydroxyl groups is 1. The number of anilines is 3. The van der Waals surface area contributed by atoms with Crippen molar-refractivity contribution in [2.75, 3.05) is 4.90 Å². The van der Waals surface area contributed by atoms with Crippen molar-refractivity contribution in [3.05, 3.63) is 170 Å². The van der Waals surface area contributed by atoms with E-state index >= 15 is 0 Å². The highest BCUT2D eigenvalue weighted by Crippen LogP contribution is 2.39. The van der Waals surface area contributed by atoms with E-state index in [1.807, 2.05) is 12.1 Å². The van der Waals surface area contributed by atoms with Crippen LogP contribution in [0.1, 0.15) is 0 Å². The second-order valence-corrected chi connectivity index (χ2v) is 11.6. The molecule has 0 amide bonds. The van der Waals surface area contributed by atoms with Crippen LogP contribution in [0.15, 0.2) is 170 Å². The Labute approximate surface area is 266 Å². The van der Waals surface area contributed by atoms with Gasteiger partial charge in [-0.1, -0.05) is 72.8 Å². The summed E-state index contributed by atoms with van der Waals surface area (Å²) in [4.78, 5) is 2.23. The molecule has 0 atom stereocenters. The number of hydrogen-bond acceptors (Lipinski definition) is 2. The van der Waals surface area contributed by atoms with Gasteiger partial charge >= 0.3 is 0 Å². The van der Waals surface area contributed by atoms with E-state index in [2.05, 4.69) is 160 Å². The second-order valence-electron chi connectivity index (χ2n) is 11.6. The van der Waals surface area contributed by atoms with E-state index in [1.165, 1.54) is 43.6 Å². The van der Waals surface area contributed by atoms with Gasteiger partial charge in [-0.15, -0.1) is 0 Å². The molecule has 2 heterocycles. The van der Waals surface area contributed by atoms with Gasteiger partial charge in [0.2, 0.25) is 0 Å². The Hall–Kier alpha value is -6.26. The monoisotopic (exact) mass is 591 g/mol. The average Bonchev–Trinajstić information content (AvgIpc) is 3.63. The van der Waals surface area contributed by atoms with Crippen LogP contribution < -0.4 is 4.90 Å². The zero-order valence-electron chi connectivity index (χ0n) is 25.0. The fraction of sp³-hybridized carbons (Fsp3) is 0. The quantitative estimate of drug-likeness (QED) is 0.216. The molecule has 0 spiro atoms. The molecule has 9 aromatic rings. The summed E-state index contributed by atoms with van der Waals surface area (Å²) in [6.45, 7) is 0. The summed E-state index contributed by atoms with van der Waals surface area (Å²) in [6, 6.07) is 59.1. The van der Waals surface area contributed by atoms with E-state index in [9.17, 15) is 5.11 Å². The van der Waals surface area contributed by atoms with Gasteiger partial charge in [0.15, 0.2) is 0 Å². The molecule has 0 bridgehead atoms. The minimum Gasteiger partial charge on any atom is -0.508 e. The van der Waals surface area contributed by atoms with Crippen LogP contribution in [-0.4, -0.2) is 14.2 Å². The molecule has 1 N–H and O–H groups in total. The molecule has 0 radical (unpaired) electrons. The highest BCUT2D eigenvalue weighted by atomic mass is 16.3. The minimum atomic E-state index is 0.243. The number of para-hydroxylation sites is 4. The summed E-state index contributed by atoms with van der Waals surface area (Å²) in [5.74, 6) is 0.243. The van der Waals surface area contributed by atoms with Crippen molar-refractivity contribution in [2.24, 2.45) is 0 Å². The molecule has 0 aliphatic heterocycles. The fourth-order valence-electron chi connectivity index (χ4n) is 6.95. The molecule has 4 nitrogen and oxygen atoms in total. The van der Waals surface area contributed by atoms with E-state index in [0.29, 0.717) is 0 Å². The molecule has 0 aliphatic carbocycles. The maximum Gasteiger partial charge on any atom is 0.115 e. The summed E-state index contributed by atoms with van der Waals surface area (Å²) >= 11 is 0. The predicted molar refractivity (Wildman–Crippen MR) is 191 cm³/mol. The second kappa shape index (κ2) is 10.4. The van der Waals surface area contributed by atoms with E-state index in [4.69, 9.17) is 0 Å². The van der Waals surface area contributed by atoms with Crippen LogP contribution in [0.3, 0.4) is 0 Å². The molecule has 46 heavy (non-hydrogen) atoms. The lowest BCUT2D eigenvalue weighted by Crippen LogP contribution is -2.10. The van der Waals surface area contributed by atoms with E-state index < -0.39 is 0 Å². The topological polar surface area (TPSA) is 33.3 Å². The third-order valence-electron chi connectivity index (χ3n) is 9.00. The zero-order chi connectivity index (χ0) is 30.6. The number of nitrogens with zero attached hydrogens (tertiary/aromatic N) is 3. The first-order chi connectivity index (χ1) is 22.7. The molecule has 9 rings (SSSR count). The van der Waals surface area contributed by atoms with Gasteiger partial charge in [0.25, 0.3) is 0 Å². The van der Waals surface area contributed by atoms with Gasteiger partial charge < -0.3 is 19.1 Å². The Morgan fingerprint density at radius 2 is 0.609 bits per heavy atom. The summed E-state index contributed by atoms with van der Waals surface area (Å²) in [5.41, 5.74) is 9.98. The largest absolute Gasteiger partial charge is 0.508 e. The molecule has 0 saturated carbocycles. The molecular formula is C42H29N3O. The number of phenolic OH excluding ortho intramolecular Hbond substituents is 1. The van der Waals surface area contributed by atoms with Crippen molar-refractivity contribution in [1.29, 1.82) is 0 Å². The summed E-state index contributed by atoms with van der Waals surface area (Å²) < 4.78 is 4.67. The number of fused-ring (bicyclic) bond motifs is 6. The van der Waals surface area contributed by atoms with Crippen LogP contribution in [0.2, 0.25) is 0 Å². The van der Waals surface area contributed by atoms with Crippen LogP contribution in [0.5, 0.6) is 5.75 Å². The molecule has 4 heteroatoms. The SMILES string of the molecule is Oc1ccc(N(c2ccc(-n3c4ccccc4c4ccccc43)cc2)c2ccc(-n3c4ccccc4c4ccccc43)cc2)cc1. The molecule has 0 saturated heterocycles. The molecule has 0 unspecified atom stereocenters. The molecule has 0 aliphatic rings. The van der Waals surface area contributed by atoms with Crippen molar-refractivity contribution in [1.82, 2.24) is 9.13 Å². The van der Waals surface area contributed by atoms with Gasteiger partial charge in [0.05, 0.1) is 22.1 Å². The molecule has 2 aromatic heterocycles. The lowest BCUT2D eigenvalue weighted by atomic mass is 10.1. The molecular weight excluding hydrogens is 562 g/mol. The highest BCUT2D eigenvalue weighted by molar-refractivity contribution is 6.10. The van der Waals surface area contributed by atoms with Crippen molar-refractivity contribution in [2.45, 2.75) is 0 Å². The zero-order valence-corrected chi connectivity index (χ0v) is 25.0. The Bertz CT molecular complexity index is 2260. The number of aromatic nitrogens is 2. The highest BCUT2D eigenvalue weighted by Gasteiger charge is 2.17. The smallest absolute Gasteiger partial charge is 0.115 e. The lowest BCUT2D eigenvalue weighted by Gasteiger charge is -2.26. The Kier molecular flexibility index (Phi) is 5.93. The first-order valence-electron chi connectivity index (χ1n) is 15.5. The van der Waals surface area contributed by atoms with Gasteiger partial charge in [0, 0.05) is 50.0 Å². The van der Waals surface area contributed by atoms with E-state index in [0.717, 1.165) is 28.4 Å². The van der Waals surface area contributed by atoms with Crippen LogP contribution in [-0.2, 0) is 0 Å². The average molecular weight is 592 g/mol. The van der Waals surface area contributed by atoms with Crippen molar-refractivity contribution < 1.29 is 5.11 Å². The predicted octanol–water partition coefficient (Wildman–Crippen LogP) is 11.1. The van der Waals surface area contributed by atoms with Crippen molar-refractivity contribution in [3.63, 3.8) is 0 Å². The Morgan fingerprint density at radius 1 is 0.326 bits per heavy atom. The third kappa shape index (κ3) is 4.08. The normalized spacial score (nSPS) is 11.6. The fourth-order valence-corrected chi connectivity index (χ4v) is 6.95. The molecule has 218 valence electrons. The Balaban J connectivity index is 1.16. The first kappa shape index (κ1) is 26.2. The van der Waals surface area contributed by atoms with Crippen LogP contribution in [0.4, 0.5) is 17.1 Å². The number of hydrogen-bond donors (Lipinski definition) is 1. The number of benzene rings is 7.